The molecule has 8 heteroatoms. The molecule has 0 aliphatic heterocycles. The summed E-state index contributed by atoms with van der Waals surface area (Å²) in [6, 6.07) is 0. The van der Waals surface area contributed by atoms with E-state index in [1.807, 2.05) is 0 Å². The van der Waals surface area contributed by atoms with E-state index in [-0.39, 0.29) is 23.4 Å². The van der Waals surface area contributed by atoms with E-state index < -0.39 is 23.5 Å². The molecule has 2 N–H and O–H groups in total. The average Bonchev–Trinajstić information content (AvgIpc) is 2.90. The van der Waals surface area contributed by atoms with Gasteiger partial charge in [-0.1, -0.05) is 0 Å². The molecule has 0 unspecified atom stereocenters. The fourth-order valence-electron chi connectivity index (χ4n) is 2.31. The van der Waals surface area contributed by atoms with E-state index in [0.717, 1.165) is 0 Å². The van der Waals surface area contributed by atoms with Crippen LogP contribution >= 0.6 is 0 Å². The van der Waals surface area contributed by atoms with E-state index >= 15 is 0 Å². The minimum Gasteiger partial charge on any atom is -0.475 e. The lowest BCUT2D eigenvalue weighted by atomic mass is 9.93. The van der Waals surface area contributed by atoms with Crippen molar-refractivity contribution in [2.75, 3.05) is 0 Å². The van der Waals surface area contributed by atoms with Crippen LogP contribution in [0.5, 0.6) is 0 Å². The topological polar surface area (TPSA) is 79.1 Å². The summed E-state index contributed by atoms with van der Waals surface area (Å²) in [7, 11) is 0. The molecule has 0 aromatic carbocycles. The molecule has 0 amide bonds. The highest BCUT2D eigenvalue weighted by molar-refractivity contribution is 5.90. The van der Waals surface area contributed by atoms with Gasteiger partial charge in [-0.2, -0.15) is 18.3 Å². The molecule has 1 aliphatic carbocycles. The minimum atomic E-state index is -4.80. The second-order valence-corrected chi connectivity index (χ2v) is 4.18. The first kappa shape index (κ1) is 11.8. The van der Waals surface area contributed by atoms with E-state index in [0.29, 0.717) is 12.0 Å². The minimum absolute atomic E-state index is 0.0291. The molecule has 0 saturated carbocycles. The Balaban J connectivity index is 2.35. The van der Waals surface area contributed by atoms with Gasteiger partial charge in [0.25, 0.3) is 0 Å². The first-order valence-corrected chi connectivity index (χ1v) is 5.38. The number of aromatic carboxylic acids is 1. The van der Waals surface area contributed by atoms with Gasteiger partial charge in [-0.05, 0) is 12.0 Å². The van der Waals surface area contributed by atoms with Crippen LogP contribution in [0.2, 0.25) is 0 Å². The normalized spacial score (nSPS) is 14.1. The third kappa shape index (κ3) is 1.63. The smallest absolute Gasteiger partial charge is 0.421 e. The maximum Gasteiger partial charge on any atom is 0.421 e. The van der Waals surface area contributed by atoms with Gasteiger partial charge in [-0.25, -0.2) is 4.79 Å². The zero-order valence-corrected chi connectivity index (χ0v) is 9.34. The molecule has 2 heterocycles. The van der Waals surface area contributed by atoms with Crippen molar-refractivity contribution in [2.24, 2.45) is 0 Å². The quantitative estimate of drug-likeness (QED) is 0.835. The van der Waals surface area contributed by atoms with Crippen molar-refractivity contribution in [3.8, 4) is 11.3 Å². The van der Waals surface area contributed by atoms with Gasteiger partial charge in [-0.3, -0.25) is 5.10 Å². The summed E-state index contributed by atoms with van der Waals surface area (Å²) in [6.45, 7) is 0. The first-order chi connectivity index (χ1) is 8.89. The molecule has 0 spiro atoms. The lowest BCUT2D eigenvalue weighted by Crippen LogP contribution is -2.13. The number of hydrogen-bond donors (Lipinski definition) is 2. The third-order valence-electron chi connectivity index (χ3n) is 3.05. The van der Waals surface area contributed by atoms with Crippen LogP contribution in [0.25, 0.3) is 11.3 Å². The van der Waals surface area contributed by atoms with E-state index in [2.05, 4.69) is 10.2 Å². The summed E-state index contributed by atoms with van der Waals surface area (Å²) in [5, 5.41) is 15.0. The summed E-state index contributed by atoms with van der Waals surface area (Å²) in [6.07, 6.45) is -2.68. The zero-order valence-electron chi connectivity index (χ0n) is 9.34. The number of aromatic nitrogens is 2. The number of furan rings is 1. The Morgan fingerprint density at radius 3 is 2.79 bits per heavy atom. The Kier molecular flexibility index (Phi) is 2.25. The van der Waals surface area contributed by atoms with Crippen LogP contribution in [0.3, 0.4) is 0 Å². The summed E-state index contributed by atoms with van der Waals surface area (Å²) in [4.78, 5) is 10.9. The fraction of sp³-hybridized carbons (Fsp3) is 0.273. The first-order valence-electron chi connectivity index (χ1n) is 5.38. The lowest BCUT2D eigenvalue weighted by Gasteiger charge is -2.13. The Bertz CT molecular complexity index is 669. The van der Waals surface area contributed by atoms with Crippen molar-refractivity contribution >= 4 is 5.97 Å². The van der Waals surface area contributed by atoms with Crippen molar-refractivity contribution < 1.29 is 27.5 Å². The van der Waals surface area contributed by atoms with Crippen LogP contribution < -0.4 is 0 Å². The SMILES string of the molecule is O=C(O)c1oc2c(c1C(F)(F)F)-c1[nH]ncc1CC2. The Labute approximate surface area is 104 Å². The largest absolute Gasteiger partial charge is 0.475 e. The highest BCUT2D eigenvalue weighted by atomic mass is 19.4. The monoisotopic (exact) mass is 272 g/mol. The number of carboxylic acid groups (broad SMARTS) is 1. The number of halogens is 3. The Hall–Kier alpha value is -2.25. The number of carboxylic acids is 1. The van der Waals surface area contributed by atoms with Gasteiger partial charge >= 0.3 is 12.1 Å². The molecule has 3 rings (SSSR count). The van der Waals surface area contributed by atoms with Crippen molar-refractivity contribution in [3.63, 3.8) is 0 Å². The molecule has 2 aromatic heterocycles. The standard InChI is InChI=1S/C11H7F3N2O3/c12-11(13,14)7-6-5(19-9(7)10(17)18)2-1-4-3-15-16-8(4)6/h3H,1-2H2,(H,15,16)(H,17,18). The number of nitrogens with one attached hydrogen (secondary N) is 1. The van der Waals surface area contributed by atoms with Gasteiger partial charge in [0, 0.05) is 6.42 Å². The Morgan fingerprint density at radius 2 is 2.16 bits per heavy atom. The van der Waals surface area contributed by atoms with Crippen molar-refractivity contribution in [1.29, 1.82) is 0 Å². The number of nitrogens with zero attached hydrogens (tertiary/aromatic N) is 1. The number of fused-ring (bicyclic) bond motifs is 3. The van der Waals surface area contributed by atoms with Gasteiger partial charge in [0.05, 0.1) is 17.5 Å². The van der Waals surface area contributed by atoms with Gasteiger partial charge in [0.1, 0.15) is 11.3 Å². The molecule has 0 radical (unpaired) electrons. The van der Waals surface area contributed by atoms with Gasteiger partial charge < -0.3 is 9.52 Å². The second-order valence-electron chi connectivity index (χ2n) is 4.18. The molecule has 0 bridgehead atoms. The predicted molar refractivity (Wildman–Crippen MR) is 55.7 cm³/mol. The zero-order chi connectivity index (χ0) is 13.8. The predicted octanol–water partition coefficient (Wildman–Crippen LogP) is 2.49. The van der Waals surface area contributed by atoms with E-state index in [9.17, 15) is 18.0 Å². The van der Waals surface area contributed by atoms with E-state index in [4.69, 9.17) is 9.52 Å². The van der Waals surface area contributed by atoms with Crippen LogP contribution in [-0.4, -0.2) is 21.3 Å². The average molecular weight is 272 g/mol. The Morgan fingerprint density at radius 1 is 1.42 bits per heavy atom. The number of aryl methyl sites for hydroxylation is 2. The van der Waals surface area contributed by atoms with E-state index in [1.165, 1.54) is 6.20 Å². The molecule has 0 atom stereocenters. The van der Waals surface area contributed by atoms with Crippen LogP contribution in [0.4, 0.5) is 13.2 Å². The van der Waals surface area contributed by atoms with Gasteiger partial charge in [0.2, 0.25) is 5.76 Å². The third-order valence-corrected chi connectivity index (χ3v) is 3.05. The van der Waals surface area contributed by atoms with Crippen LogP contribution in [0, 0.1) is 0 Å². The summed E-state index contributed by atoms with van der Waals surface area (Å²) < 4.78 is 44.1. The molecule has 100 valence electrons. The number of H-pyrrole nitrogens is 1. The van der Waals surface area contributed by atoms with Crippen LogP contribution in [0.15, 0.2) is 10.6 Å². The van der Waals surface area contributed by atoms with E-state index in [1.54, 1.807) is 0 Å². The van der Waals surface area contributed by atoms with Crippen LogP contribution in [0.1, 0.15) is 27.4 Å². The molecule has 0 fully saturated rings. The molecular weight excluding hydrogens is 265 g/mol. The lowest BCUT2D eigenvalue weighted by molar-refractivity contribution is -0.138. The molecule has 1 aliphatic rings. The second kappa shape index (κ2) is 3.62. The van der Waals surface area contributed by atoms with Gasteiger partial charge in [0.15, 0.2) is 0 Å². The number of rotatable bonds is 1. The molecule has 2 aromatic rings. The molecule has 19 heavy (non-hydrogen) atoms. The molecule has 5 nitrogen and oxygen atoms in total. The number of alkyl halides is 3. The number of aromatic amines is 1. The van der Waals surface area contributed by atoms with Crippen molar-refractivity contribution in [1.82, 2.24) is 10.2 Å². The summed E-state index contributed by atoms with van der Waals surface area (Å²) in [5.74, 6) is -2.77. The van der Waals surface area contributed by atoms with Crippen molar-refractivity contribution in [3.05, 3.63) is 28.8 Å². The maximum absolute atomic E-state index is 13.1. The fourth-order valence-corrected chi connectivity index (χ4v) is 2.31. The number of carbonyl (C=O) groups is 1. The maximum atomic E-state index is 13.1. The van der Waals surface area contributed by atoms with Crippen molar-refractivity contribution in [2.45, 2.75) is 19.0 Å². The highest BCUT2D eigenvalue weighted by Gasteiger charge is 2.44. The number of hydrogen-bond acceptors (Lipinski definition) is 3. The summed E-state index contributed by atoms with van der Waals surface area (Å²) in [5.41, 5.74) is -0.676. The highest BCUT2D eigenvalue weighted by Crippen LogP contribution is 2.45. The van der Waals surface area contributed by atoms with Gasteiger partial charge in [-0.15, -0.1) is 0 Å². The summed E-state index contributed by atoms with van der Waals surface area (Å²) >= 11 is 0. The molecule has 0 saturated heterocycles. The molecular formula is C11H7F3N2O3. The van der Waals surface area contributed by atoms with Crippen LogP contribution in [-0.2, 0) is 19.0 Å².